The van der Waals surface area contributed by atoms with Crippen molar-refractivity contribution < 1.29 is 0 Å². The van der Waals surface area contributed by atoms with E-state index in [1.807, 2.05) is 6.08 Å². The molecule has 1 aliphatic rings. The second kappa shape index (κ2) is 5.35. The topological polar surface area (TPSA) is 15.3 Å². The number of hydrogen-bond donors (Lipinski definition) is 1. The summed E-state index contributed by atoms with van der Waals surface area (Å²) in [4.78, 5) is 2.32. The maximum atomic E-state index is 5.36. The summed E-state index contributed by atoms with van der Waals surface area (Å²) < 4.78 is 0. The van der Waals surface area contributed by atoms with Crippen molar-refractivity contribution in [1.82, 2.24) is 10.2 Å². The lowest BCUT2D eigenvalue weighted by Gasteiger charge is -2.40. The molecule has 2 atom stereocenters. The normalized spacial score (nSPS) is 27.1. The van der Waals surface area contributed by atoms with Gasteiger partial charge in [0, 0.05) is 18.6 Å². The first-order valence-corrected chi connectivity index (χ1v) is 5.74. The molecule has 14 heavy (non-hydrogen) atoms. The van der Waals surface area contributed by atoms with Gasteiger partial charge in [0.05, 0.1) is 0 Å². The number of hydrogen-bond acceptors (Lipinski definition) is 1. The highest BCUT2D eigenvalue weighted by Gasteiger charge is 2.26. The number of nitrogens with one attached hydrogen (secondary N) is 1. The molecule has 0 radical (unpaired) electrons. The number of rotatable bonds is 2. The van der Waals surface area contributed by atoms with E-state index < -0.39 is 0 Å². The summed E-state index contributed by atoms with van der Waals surface area (Å²) in [6.07, 6.45) is 5.66. The molecule has 80 valence electrons. The van der Waals surface area contributed by atoms with E-state index in [0.29, 0.717) is 12.1 Å². The third kappa shape index (κ3) is 2.71. The fraction of sp³-hybridized carbons (Fsp3) is 0.727. The van der Waals surface area contributed by atoms with E-state index in [1.165, 1.54) is 19.3 Å². The largest absolute Gasteiger partial charge is 0.359 e. The Kier molecular flexibility index (Phi) is 4.39. The molecule has 2 nitrogen and oxygen atoms in total. The Morgan fingerprint density at radius 3 is 2.57 bits per heavy atom. The van der Waals surface area contributed by atoms with Crippen molar-refractivity contribution >= 4 is 17.3 Å². The van der Waals surface area contributed by atoms with Crippen LogP contribution in [-0.2, 0) is 0 Å². The zero-order chi connectivity index (χ0) is 10.6. The van der Waals surface area contributed by atoms with Gasteiger partial charge in [-0.15, -0.1) is 6.58 Å². The van der Waals surface area contributed by atoms with Crippen LogP contribution >= 0.6 is 12.2 Å². The zero-order valence-corrected chi connectivity index (χ0v) is 9.94. The minimum Gasteiger partial charge on any atom is -0.359 e. The van der Waals surface area contributed by atoms with E-state index in [9.17, 15) is 0 Å². The molecular formula is C11H20N2S. The number of likely N-dealkylation sites (tertiary alicyclic amines) is 1. The highest BCUT2D eigenvalue weighted by Crippen LogP contribution is 2.22. The smallest absolute Gasteiger partial charge is 0.169 e. The number of nitrogens with zero attached hydrogens (tertiary/aromatic N) is 1. The Morgan fingerprint density at radius 1 is 1.50 bits per heavy atom. The van der Waals surface area contributed by atoms with Crippen LogP contribution in [0, 0.1) is 0 Å². The lowest BCUT2D eigenvalue weighted by Crippen LogP contribution is -2.51. The molecule has 0 saturated carbocycles. The summed E-state index contributed by atoms with van der Waals surface area (Å²) in [5.74, 6) is 0. The van der Waals surface area contributed by atoms with Gasteiger partial charge in [-0.3, -0.25) is 0 Å². The molecule has 0 aromatic heterocycles. The first-order chi connectivity index (χ1) is 6.66. The lowest BCUT2D eigenvalue weighted by molar-refractivity contribution is 0.190. The molecule has 1 aliphatic heterocycles. The average Bonchev–Trinajstić information content (AvgIpc) is 2.14. The molecule has 1 heterocycles. The van der Waals surface area contributed by atoms with Crippen molar-refractivity contribution in [3.05, 3.63) is 12.7 Å². The quantitative estimate of drug-likeness (QED) is 0.558. The van der Waals surface area contributed by atoms with Crippen LogP contribution in [0.5, 0.6) is 0 Å². The molecule has 0 aromatic carbocycles. The van der Waals surface area contributed by atoms with Crippen LogP contribution in [0.15, 0.2) is 12.7 Å². The summed E-state index contributed by atoms with van der Waals surface area (Å²) in [6, 6.07) is 1.15. The van der Waals surface area contributed by atoms with Crippen LogP contribution in [0.2, 0.25) is 0 Å². The number of thiocarbonyl (C=S) groups is 1. The Labute approximate surface area is 92.4 Å². The molecule has 0 bridgehead atoms. The molecule has 0 spiro atoms. The summed E-state index contributed by atoms with van der Waals surface area (Å²) in [5.41, 5.74) is 0. The van der Waals surface area contributed by atoms with E-state index in [-0.39, 0.29) is 0 Å². The van der Waals surface area contributed by atoms with Crippen LogP contribution in [0.4, 0.5) is 0 Å². The summed E-state index contributed by atoms with van der Waals surface area (Å²) in [5, 5.41) is 4.08. The van der Waals surface area contributed by atoms with Crippen molar-refractivity contribution in [3.8, 4) is 0 Å². The monoisotopic (exact) mass is 212 g/mol. The van der Waals surface area contributed by atoms with Crippen molar-refractivity contribution in [3.63, 3.8) is 0 Å². The van der Waals surface area contributed by atoms with Crippen LogP contribution in [0.1, 0.15) is 33.1 Å². The second-order valence-electron chi connectivity index (χ2n) is 4.01. The Bertz CT molecular complexity index is 205. The van der Waals surface area contributed by atoms with E-state index in [4.69, 9.17) is 12.2 Å². The highest BCUT2D eigenvalue weighted by molar-refractivity contribution is 7.80. The molecule has 0 aromatic rings. The number of piperidine rings is 1. The van der Waals surface area contributed by atoms with Crippen molar-refractivity contribution in [2.24, 2.45) is 0 Å². The molecule has 0 amide bonds. The van der Waals surface area contributed by atoms with Crippen molar-refractivity contribution in [2.75, 3.05) is 6.54 Å². The van der Waals surface area contributed by atoms with Gasteiger partial charge in [0.15, 0.2) is 5.11 Å². The van der Waals surface area contributed by atoms with Gasteiger partial charge >= 0.3 is 0 Å². The summed E-state index contributed by atoms with van der Waals surface area (Å²) >= 11 is 5.36. The van der Waals surface area contributed by atoms with Gasteiger partial charge in [0.1, 0.15) is 0 Å². The molecule has 0 unspecified atom stereocenters. The fourth-order valence-electron chi connectivity index (χ4n) is 2.07. The molecule has 1 rings (SSSR count). The Morgan fingerprint density at radius 2 is 2.07 bits per heavy atom. The first-order valence-electron chi connectivity index (χ1n) is 5.34. The Balaban J connectivity index is 2.53. The van der Waals surface area contributed by atoms with E-state index >= 15 is 0 Å². The average molecular weight is 212 g/mol. The standard InChI is InChI=1S/C11H20N2S/c1-4-8-12-11(14)13-9(2)6-5-7-10(13)3/h4,9-10H,1,5-8H2,2-3H3,(H,12,14)/t9-,10-/m1/s1. The van der Waals surface area contributed by atoms with Crippen LogP contribution in [-0.4, -0.2) is 28.6 Å². The third-order valence-corrected chi connectivity index (χ3v) is 3.18. The molecule has 0 aliphatic carbocycles. The van der Waals surface area contributed by atoms with Gasteiger partial charge in [-0.1, -0.05) is 6.08 Å². The minimum atomic E-state index is 0.573. The van der Waals surface area contributed by atoms with Gasteiger partial charge in [0.25, 0.3) is 0 Å². The molecule has 1 saturated heterocycles. The summed E-state index contributed by atoms with van der Waals surface area (Å²) in [7, 11) is 0. The molecule has 1 fully saturated rings. The minimum absolute atomic E-state index is 0.573. The predicted molar refractivity (Wildman–Crippen MR) is 65.4 cm³/mol. The molecule has 1 N–H and O–H groups in total. The van der Waals surface area contributed by atoms with Gasteiger partial charge in [-0.25, -0.2) is 0 Å². The maximum absolute atomic E-state index is 5.36. The van der Waals surface area contributed by atoms with Gasteiger partial charge in [-0.2, -0.15) is 0 Å². The second-order valence-corrected chi connectivity index (χ2v) is 4.40. The van der Waals surface area contributed by atoms with Crippen LogP contribution < -0.4 is 5.32 Å². The van der Waals surface area contributed by atoms with E-state index in [0.717, 1.165) is 11.7 Å². The third-order valence-electron chi connectivity index (χ3n) is 2.83. The highest BCUT2D eigenvalue weighted by atomic mass is 32.1. The van der Waals surface area contributed by atoms with Crippen molar-refractivity contribution in [1.29, 1.82) is 0 Å². The predicted octanol–water partition coefficient (Wildman–Crippen LogP) is 2.31. The lowest BCUT2D eigenvalue weighted by atomic mass is 9.98. The van der Waals surface area contributed by atoms with Gasteiger partial charge < -0.3 is 10.2 Å². The first kappa shape index (κ1) is 11.5. The van der Waals surface area contributed by atoms with Crippen molar-refractivity contribution in [2.45, 2.75) is 45.2 Å². The SMILES string of the molecule is C=CCNC(=S)N1[C@H](C)CCC[C@H]1C. The van der Waals surface area contributed by atoms with Gasteiger partial charge in [0.2, 0.25) is 0 Å². The fourth-order valence-corrected chi connectivity index (χ4v) is 2.52. The molecular weight excluding hydrogens is 192 g/mol. The van der Waals surface area contributed by atoms with Crippen LogP contribution in [0.25, 0.3) is 0 Å². The maximum Gasteiger partial charge on any atom is 0.169 e. The Hall–Kier alpha value is -0.570. The van der Waals surface area contributed by atoms with E-state index in [2.05, 4.69) is 30.6 Å². The van der Waals surface area contributed by atoms with Gasteiger partial charge in [-0.05, 0) is 45.3 Å². The van der Waals surface area contributed by atoms with E-state index in [1.54, 1.807) is 0 Å². The zero-order valence-electron chi connectivity index (χ0n) is 9.12. The summed E-state index contributed by atoms with van der Waals surface area (Å²) in [6.45, 7) is 8.93. The molecule has 3 heteroatoms. The van der Waals surface area contributed by atoms with Crippen LogP contribution in [0.3, 0.4) is 0 Å².